The van der Waals surface area contributed by atoms with Gasteiger partial charge in [0.05, 0.1) is 12.7 Å². The predicted octanol–water partition coefficient (Wildman–Crippen LogP) is 2.36. The molecule has 0 amide bonds. The second-order valence-electron chi connectivity index (χ2n) is 3.72. The highest BCUT2D eigenvalue weighted by Crippen LogP contribution is 2.37. The van der Waals surface area contributed by atoms with Crippen LogP contribution >= 0.6 is 0 Å². The van der Waals surface area contributed by atoms with Gasteiger partial charge in [0.2, 0.25) is 6.79 Å². The van der Waals surface area contributed by atoms with Crippen molar-refractivity contribution >= 4 is 16.7 Å². The van der Waals surface area contributed by atoms with Crippen LogP contribution < -0.4 is 9.47 Å². The minimum atomic E-state index is -0.352. The van der Waals surface area contributed by atoms with E-state index in [-0.39, 0.29) is 12.8 Å². The lowest BCUT2D eigenvalue weighted by Gasteiger charge is -2.05. The molecular formula is C13H10O4. The van der Waals surface area contributed by atoms with Crippen molar-refractivity contribution in [2.75, 3.05) is 13.9 Å². The number of hydrogen-bond acceptors (Lipinski definition) is 4. The molecule has 2 aromatic carbocycles. The summed E-state index contributed by atoms with van der Waals surface area (Å²) in [5.41, 5.74) is 0.531. The van der Waals surface area contributed by atoms with Crippen LogP contribution in [0.1, 0.15) is 10.4 Å². The molecule has 17 heavy (non-hydrogen) atoms. The lowest BCUT2D eigenvalue weighted by molar-refractivity contribution is 0.0603. The van der Waals surface area contributed by atoms with E-state index in [1.807, 2.05) is 24.3 Å². The highest BCUT2D eigenvalue weighted by molar-refractivity contribution is 6.05. The van der Waals surface area contributed by atoms with Crippen molar-refractivity contribution < 1.29 is 19.0 Å². The van der Waals surface area contributed by atoms with Gasteiger partial charge in [0, 0.05) is 5.39 Å². The molecule has 0 aliphatic carbocycles. The second kappa shape index (κ2) is 3.66. The normalized spacial score (nSPS) is 12.8. The van der Waals surface area contributed by atoms with Crippen LogP contribution in [-0.2, 0) is 4.74 Å². The van der Waals surface area contributed by atoms with Crippen LogP contribution in [0.15, 0.2) is 30.3 Å². The van der Waals surface area contributed by atoms with Gasteiger partial charge in [0.1, 0.15) is 0 Å². The van der Waals surface area contributed by atoms with E-state index in [1.54, 1.807) is 6.07 Å². The van der Waals surface area contributed by atoms with Crippen LogP contribution in [0.3, 0.4) is 0 Å². The fourth-order valence-corrected chi connectivity index (χ4v) is 1.95. The maximum absolute atomic E-state index is 11.6. The first-order valence-corrected chi connectivity index (χ1v) is 5.20. The quantitative estimate of drug-likeness (QED) is 0.705. The fourth-order valence-electron chi connectivity index (χ4n) is 1.95. The molecule has 4 heteroatoms. The molecule has 86 valence electrons. The molecular weight excluding hydrogens is 220 g/mol. The average molecular weight is 230 g/mol. The molecule has 3 rings (SSSR count). The SMILES string of the molecule is COC(=O)c1cccc2cc3c(cc12)OCO3. The molecule has 2 aromatic rings. The molecule has 1 aliphatic rings. The number of rotatable bonds is 1. The molecule has 0 fully saturated rings. The van der Waals surface area contributed by atoms with Crippen LogP contribution in [0.4, 0.5) is 0 Å². The zero-order chi connectivity index (χ0) is 11.8. The molecule has 1 aliphatic heterocycles. The topological polar surface area (TPSA) is 44.8 Å². The molecule has 0 radical (unpaired) electrons. The maximum atomic E-state index is 11.6. The van der Waals surface area contributed by atoms with E-state index in [0.717, 1.165) is 10.8 Å². The van der Waals surface area contributed by atoms with Crippen molar-refractivity contribution in [3.8, 4) is 11.5 Å². The van der Waals surface area contributed by atoms with Gasteiger partial charge in [-0.1, -0.05) is 12.1 Å². The van der Waals surface area contributed by atoms with Gasteiger partial charge in [-0.3, -0.25) is 0 Å². The van der Waals surface area contributed by atoms with Crippen molar-refractivity contribution in [1.82, 2.24) is 0 Å². The number of carbonyl (C=O) groups excluding carboxylic acids is 1. The number of carbonyl (C=O) groups is 1. The molecule has 0 bridgehead atoms. The maximum Gasteiger partial charge on any atom is 0.338 e. The Hall–Kier alpha value is -2.23. The molecule has 0 N–H and O–H groups in total. The first kappa shape index (κ1) is 9.96. The van der Waals surface area contributed by atoms with Crippen LogP contribution in [0.5, 0.6) is 11.5 Å². The Kier molecular flexibility index (Phi) is 2.14. The number of fused-ring (bicyclic) bond motifs is 2. The Morgan fingerprint density at radius 1 is 1.24 bits per heavy atom. The van der Waals surface area contributed by atoms with E-state index in [9.17, 15) is 4.79 Å². The summed E-state index contributed by atoms with van der Waals surface area (Å²) in [6.07, 6.45) is 0. The van der Waals surface area contributed by atoms with E-state index in [0.29, 0.717) is 17.1 Å². The monoisotopic (exact) mass is 230 g/mol. The highest BCUT2D eigenvalue weighted by Gasteiger charge is 2.17. The van der Waals surface area contributed by atoms with Crippen LogP contribution in [0.25, 0.3) is 10.8 Å². The lowest BCUT2D eigenvalue weighted by atomic mass is 10.0. The van der Waals surface area contributed by atoms with E-state index < -0.39 is 0 Å². The van der Waals surface area contributed by atoms with E-state index in [4.69, 9.17) is 14.2 Å². The predicted molar refractivity (Wildman–Crippen MR) is 61.4 cm³/mol. The largest absolute Gasteiger partial charge is 0.465 e. The van der Waals surface area contributed by atoms with Gasteiger partial charge < -0.3 is 14.2 Å². The Bertz CT molecular complexity index is 604. The minimum Gasteiger partial charge on any atom is -0.465 e. The van der Waals surface area contributed by atoms with Gasteiger partial charge in [-0.15, -0.1) is 0 Å². The lowest BCUT2D eigenvalue weighted by Crippen LogP contribution is -2.01. The Balaban J connectivity index is 2.28. The average Bonchev–Trinajstić information content (AvgIpc) is 2.81. The van der Waals surface area contributed by atoms with Crippen LogP contribution in [-0.4, -0.2) is 19.9 Å². The van der Waals surface area contributed by atoms with E-state index in [2.05, 4.69) is 0 Å². The zero-order valence-corrected chi connectivity index (χ0v) is 9.23. The van der Waals surface area contributed by atoms with Gasteiger partial charge in [0.25, 0.3) is 0 Å². The Labute approximate surface area is 97.7 Å². The van der Waals surface area contributed by atoms with Crippen molar-refractivity contribution in [3.63, 3.8) is 0 Å². The third-order valence-electron chi connectivity index (χ3n) is 2.78. The Morgan fingerprint density at radius 3 is 2.76 bits per heavy atom. The van der Waals surface area contributed by atoms with Crippen LogP contribution in [0, 0.1) is 0 Å². The molecule has 0 aromatic heterocycles. The van der Waals surface area contributed by atoms with Gasteiger partial charge in [-0.25, -0.2) is 4.79 Å². The third-order valence-corrected chi connectivity index (χ3v) is 2.78. The third kappa shape index (κ3) is 1.49. The first-order chi connectivity index (χ1) is 8.29. The summed E-state index contributed by atoms with van der Waals surface area (Å²) < 4.78 is 15.3. The van der Waals surface area contributed by atoms with Gasteiger partial charge >= 0.3 is 5.97 Å². The van der Waals surface area contributed by atoms with Crippen molar-refractivity contribution in [2.24, 2.45) is 0 Å². The molecule has 0 saturated carbocycles. The first-order valence-electron chi connectivity index (χ1n) is 5.20. The smallest absolute Gasteiger partial charge is 0.338 e. The number of esters is 1. The van der Waals surface area contributed by atoms with Crippen molar-refractivity contribution in [2.45, 2.75) is 0 Å². The second-order valence-corrected chi connectivity index (χ2v) is 3.72. The molecule has 4 nitrogen and oxygen atoms in total. The number of benzene rings is 2. The molecule has 0 unspecified atom stereocenters. The summed E-state index contributed by atoms with van der Waals surface area (Å²) in [6.45, 7) is 0.221. The van der Waals surface area contributed by atoms with E-state index >= 15 is 0 Å². The molecule has 1 heterocycles. The summed E-state index contributed by atoms with van der Waals surface area (Å²) in [4.78, 5) is 11.6. The number of methoxy groups -OCH3 is 1. The zero-order valence-electron chi connectivity index (χ0n) is 9.23. The molecule has 0 saturated heterocycles. The molecule has 0 atom stereocenters. The summed E-state index contributed by atoms with van der Waals surface area (Å²) >= 11 is 0. The molecule has 0 spiro atoms. The Morgan fingerprint density at radius 2 is 2.00 bits per heavy atom. The van der Waals surface area contributed by atoms with E-state index in [1.165, 1.54) is 7.11 Å². The number of hydrogen-bond donors (Lipinski definition) is 0. The van der Waals surface area contributed by atoms with Gasteiger partial charge in [-0.05, 0) is 23.6 Å². The van der Waals surface area contributed by atoms with Crippen LogP contribution in [0.2, 0.25) is 0 Å². The van der Waals surface area contributed by atoms with Gasteiger partial charge in [0.15, 0.2) is 11.5 Å². The fraction of sp³-hybridized carbons (Fsp3) is 0.154. The van der Waals surface area contributed by atoms with Crippen molar-refractivity contribution in [1.29, 1.82) is 0 Å². The highest BCUT2D eigenvalue weighted by atomic mass is 16.7. The summed E-state index contributed by atoms with van der Waals surface area (Å²) in [5, 5.41) is 1.74. The van der Waals surface area contributed by atoms with Crippen molar-refractivity contribution in [3.05, 3.63) is 35.9 Å². The number of ether oxygens (including phenoxy) is 3. The summed E-state index contributed by atoms with van der Waals surface area (Å²) in [7, 11) is 1.37. The minimum absolute atomic E-state index is 0.221. The van der Waals surface area contributed by atoms with Gasteiger partial charge in [-0.2, -0.15) is 0 Å². The summed E-state index contributed by atoms with van der Waals surface area (Å²) in [5.74, 6) is 1.02. The summed E-state index contributed by atoms with van der Waals surface area (Å²) in [6, 6.07) is 9.14. The standard InChI is InChI=1S/C13H10O4/c1-15-13(14)9-4-2-3-8-5-11-12(6-10(8)9)17-7-16-11/h2-6H,7H2,1H3.